The molecule has 0 radical (unpaired) electrons. The second kappa shape index (κ2) is 4.15. The number of hydrogen-bond donors (Lipinski definition) is 0. The summed E-state index contributed by atoms with van der Waals surface area (Å²) >= 11 is 2.22. The fourth-order valence-electron chi connectivity index (χ4n) is 0.0556. The zero-order chi connectivity index (χ0) is 6.57. The van der Waals surface area contributed by atoms with Gasteiger partial charge in [-0.25, -0.2) is 0 Å². The van der Waals surface area contributed by atoms with Crippen LogP contribution in [0, 0.1) is 0 Å². The average Bonchev–Trinajstić information content (AvgIpc) is 1.84. The van der Waals surface area contributed by atoms with E-state index in [0.29, 0.717) is 0 Å². The van der Waals surface area contributed by atoms with Gasteiger partial charge >= 0.3 is 67.1 Å². The van der Waals surface area contributed by atoms with Gasteiger partial charge in [-0.3, -0.25) is 0 Å². The average molecular weight is 472 g/mol. The molecular formula is C2Ir2O4. The van der Waals surface area contributed by atoms with E-state index in [1.807, 2.05) is 0 Å². The van der Waals surface area contributed by atoms with Crippen LogP contribution in [0.4, 0.5) is 0 Å². The summed E-state index contributed by atoms with van der Waals surface area (Å²) in [4.78, 5) is 20.1. The number of carbonyl (C=O) groups excluding carboxylic acids is 2. The van der Waals surface area contributed by atoms with Gasteiger partial charge in [-0.1, -0.05) is 0 Å². The molecule has 6 heteroatoms. The first-order valence-electron chi connectivity index (χ1n) is 1.34. The Balaban J connectivity index is 3.64. The van der Waals surface area contributed by atoms with Crippen LogP contribution in [-0.2, 0) is 55.1 Å². The van der Waals surface area contributed by atoms with Crippen LogP contribution in [0.3, 0.4) is 0 Å². The zero-order valence-corrected chi connectivity index (χ0v) is 8.09. The van der Waals surface area contributed by atoms with Gasteiger partial charge in [0.1, 0.15) is 0 Å². The minimum atomic E-state index is -0.979. The van der Waals surface area contributed by atoms with Gasteiger partial charge < -0.3 is 0 Å². The fourth-order valence-corrected chi connectivity index (χ4v) is 0.455. The summed E-state index contributed by atoms with van der Waals surface area (Å²) in [6.45, 7) is 0. The van der Waals surface area contributed by atoms with Gasteiger partial charge in [0.15, 0.2) is 0 Å². The molecule has 0 aromatic rings. The van der Waals surface area contributed by atoms with Crippen LogP contribution in [0.1, 0.15) is 0 Å². The minimum absolute atomic E-state index is 0.979. The maximum atomic E-state index is 10.0. The summed E-state index contributed by atoms with van der Waals surface area (Å²) in [6.07, 6.45) is 0. The molecule has 0 atom stereocenters. The van der Waals surface area contributed by atoms with Gasteiger partial charge in [-0.2, -0.15) is 0 Å². The van der Waals surface area contributed by atoms with Crippen LogP contribution in [0.5, 0.6) is 0 Å². The van der Waals surface area contributed by atoms with Gasteiger partial charge in [0.25, 0.3) is 0 Å². The normalized spacial score (nSPS) is 8.00. The quantitative estimate of drug-likeness (QED) is 0.425. The van der Waals surface area contributed by atoms with Crippen molar-refractivity contribution in [3.63, 3.8) is 0 Å². The molecule has 0 spiro atoms. The summed E-state index contributed by atoms with van der Waals surface area (Å²) in [5.41, 5.74) is 0. The van der Waals surface area contributed by atoms with Crippen LogP contribution in [0.15, 0.2) is 0 Å². The molecule has 0 heterocycles. The molecule has 0 saturated heterocycles. The Morgan fingerprint density at radius 3 is 1.38 bits per heavy atom. The first-order valence-corrected chi connectivity index (χ1v) is 3.29. The third-order valence-corrected chi connectivity index (χ3v) is 1.18. The molecule has 0 aliphatic rings. The van der Waals surface area contributed by atoms with E-state index in [4.69, 9.17) is 0 Å². The van der Waals surface area contributed by atoms with Crippen molar-refractivity contribution in [2.24, 2.45) is 0 Å². The van der Waals surface area contributed by atoms with Crippen molar-refractivity contribution < 1.29 is 55.1 Å². The number of rotatable bonds is 0. The van der Waals surface area contributed by atoms with Crippen molar-refractivity contribution in [3.05, 3.63) is 0 Å². The molecule has 4 nitrogen and oxygen atoms in total. The molecule has 0 bridgehead atoms. The van der Waals surface area contributed by atoms with E-state index in [1.165, 1.54) is 0 Å². The van der Waals surface area contributed by atoms with Crippen LogP contribution >= 0.6 is 0 Å². The Bertz CT molecular complexity index is 96.6. The predicted octanol–water partition coefficient (Wildman–Crippen LogP) is -1.00. The molecule has 0 unspecified atom stereocenters. The van der Waals surface area contributed by atoms with Gasteiger partial charge in [0, 0.05) is 0 Å². The molecular weight excluding hydrogens is 472 g/mol. The van der Waals surface area contributed by atoms with Gasteiger partial charge in [0.2, 0.25) is 0 Å². The van der Waals surface area contributed by atoms with Crippen molar-refractivity contribution >= 4 is 11.9 Å². The second-order valence-electron chi connectivity index (χ2n) is 0.711. The van der Waals surface area contributed by atoms with Crippen molar-refractivity contribution in [2.45, 2.75) is 0 Å². The summed E-state index contributed by atoms with van der Waals surface area (Å²) in [5.74, 6) is -1.96. The third-order valence-electron chi connectivity index (χ3n) is 0.290. The number of carbonyl (C=O) groups is 2. The van der Waals surface area contributed by atoms with Crippen LogP contribution < -0.4 is 0 Å². The van der Waals surface area contributed by atoms with Gasteiger partial charge in [-0.05, 0) is 0 Å². The molecule has 50 valence electrons. The van der Waals surface area contributed by atoms with Crippen LogP contribution in [0.2, 0.25) is 0 Å². The Labute approximate surface area is 67.1 Å². The van der Waals surface area contributed by atoms with Gasteiger partial charge in [-0.15, -0.1) is 0 Å². The van der Waals surface area contributed by atoms with E-state index in [-0.39, 0.29) is 0 Å². The Morgan fingerprint density at radius 1 is 1.00 bits per heavy atom. The molecule has 0 fully saturated rings. The first kappa shape index (κ1) is 8.24. The monoisotopic (exact) mass is 474 g/mol. The number of hydrogen-bond acceptors (Lipinski definition) is 4. The summed E-state index contributed by atoms with van der Waals surface area (Å²) in [5, 5.41) is 0. The molecule has 0 saturated carbocycles. The second-order valence-corrected chi connectivity index (χ2v) is 1.69. The molecule has 8 heavy (non-hydrogen) atoms. The summed E-state index contributed by atoms with van der Waals surface area (Å²) in [7, 11) is 0. The zero-order valence-electron chi connectivity index (χ0n) is 3.30. The molecule has 0 rings (SSSR count). The Morgan fingerprint density at radius 2 is 1.25 bits per heavy atom. The Kier molecular flexibility index (Phi) is 4.27. The van der Waals surface area contributed by atoms with E-state index in [1.54, 1.807) is 0 Å². The van der Waals surface area contributed by atoms with E-state index in [0.717, 1.165) is 38.5 Å². The van der Waals surface area contributed by atoms with E-state index in [2.05, 4.69) is 6.99 Å². The Hall–Kier alpha value is 0.239. The SMILES string of the molecule is O=C([O][Ir])C(=O)[O][Ir]. The van der Waals surface area contributed by atoms with Crippen molar-refractivity contribution in [1.29, 1.82) is 0 Å². The molecule has 0 aliphatic carbocycles. The van der Waals surface area contributed by atoms with Crippen LogP contribution in [-0.4, -0.2) is 11.9 Å². The maximum absolute atomic E-state index is 10.0. The van der Waals surface area contributed by atoms with Gasteiger partial charge in [0.05, 0.1) is 0 Å². The van der Waals surface area contributed by atoms with Crippen molar-refractivity contribution in [1.82, 2.24) is 0 Å². The molecule has 0 N–H and O–H groups in total. The molecule has 0 aromatic carbocycles. The molecule has 0 aliphatic heterocycles. The van der Waals surface area contributed by atoms with E-state index in [9.17, 15) is 9.59 Å². The van der Waals surface area contributed by atoms with E-state index < -0.39 is 11.9 Å². The molecule has 0 aromatic heterocycles. The summed E-state index contributed by atoms with van der Waals surface area (Å²) in [6, 6.07) is 0. The van der Waals surface area contributed by atoms with Crippen LogP contribution in [0.25, 0.3) is 0 Å². The fraction of sp³-hybridized carbons (Fsp3) is 0. The third kappa shape index (κ3) is 2.52. The molecule has 0 amide bonds. The van der Waals surface area contributed by atoms with Crippen molar-refractivity contribution in [3.8, 4) is 0 Å². The predicted molar refractivity (Wildman–Crippen MR) is 12.2 cm³/mol. The topological polar surface area (TPSA) is 52.6 Å². The van der Waals surface area contributed by atoms with Crippen molar-refractivity contribution in [2.75, 3.05) is 0 Å². The van der Waals surface area contributed by atoms with E-state index >= 15 is 0 Å². The standard InChI is InChI=1S/C2H2O4.2Ir/c3-1(4)2(5)6;;/h(H,3,4)(H,5,6);;/q;2*+1/p-2. The first-order chi connectivity index (χ1) is 3.72. The summed E-state index contributed by atoms with van der Waals surface area (Å²) < 4.78 is 7.98.